The van der Waals surface area contributed by atoms with Crippen molar-refractivity contribution in [3.8, 4) is 0 Å². The Balaban J connectivity index is 1.63. The van der Waals surface area contributed by atoms with Gasteiger partial charge in [0.15, 0.2) is 6.23 Å². The fourth-order valence-corrected chi connectivity index (χ4v) is 6.69. The molecule has 41 heavy (non-hydrogen) atoms. The van der Waals surface area contributed by atoms with E-state index in [-0.39, 0.29) is 0 Å². The molecule has 0 saturated heterocycles. The van der Waals surface area contributed by atoms with Crippen molar-refractivity contribution in [3.63, 3.8) is 0 Å². The van der Waals surface area contributed by atoms with Crippen molar-refractivity contribution in [2.75, 3.05) is 11.6 Å². The fraction of sp³-hybridized carbons (Fsp3) is 0.172. The highest BCUT2D eigenvalue weighted by Gasteiger charge is 2.47. The van der Waals surface area contributed by atoms with Gasteiger partial charge in [0.05, 0.1) is 15.5 Å². The number of rotatable bonds is 7. The first-order valence-electron chi connectivity index (χ1n) is 12.5. The molecule has 0 amide bonds. The molecule has 1 aliphatic rings. The number of halogens is 3. The molecule has 0 bridgehead atoms. The zero-order valence-corrected chi connectivity index (χ0v) is 23.5. The van der Waals surface area contributed by atoms with Crippen molar-refractivity contribution in [1.82, 2.24) is 5.01 Å². The zero-order chi connectivity index (χ0) is 29.6. The topological polar surface area (TPSA) is 84.0 Å². The number of sulfone groups is 1. The van der Waals surface area contributed by atoms with Crippen LogP contribution in [0.25, 0.3) is 16.3 Å². The standard InChI is InChI=1S/C29H25F3N2O5S2/c1-3-33-20(2)27(22-11-5-4-6-12-22)28(34(33)26-15-9-13-21-10-7-8-14-25(21)26)39-41(37,38)24-18-16-23(17-19-24)40(35,36)29(30,31)32/h4-19,28H,3H2,1-2H3. The third-order valence-corrected chi connectivity index (χ3v) is 9.64. The Kier molecular flexibility index (Phi) is 7.35. The Hall–Kier alpha value is -3.87. The molecule has 0 N–H and O–H groups in total. The first-order chi connectivity index (χ1) is 19.4. The first kappa shape index (κ1) is 28.7. The molecule has 1 atom stereocenters. The number of anilines is 1. The monoisotopic (exact) mass is 602 g/mol. The van der Waals surface area contributed by atoms with E-state index in [1.165, 1.54) is 0 Å². The molecule has 1 unspecified atom stereocenters. The van der Waals surface area contributed by atoms with Crippen LogP contribution in [0.2, 0.25) is 0 Å². The molecule has 4 aromatic rings. The third kappa shape index (κ3) is 5.07. The van der Waals surface area contributed by atoms with Gasteiger partial charge < -0.3 is 0 Å². The van der Waals surface area contributed by atoms with Gasteiger partial charge in [-0.1, -0.05) is 66.7 Å². The summed E-state index contributed by atoms with van der Waals surface area (Å²) < 4.78 is 95.7. The Morgan fingerprint density at radius 2 is 1.37 bits per heavy atom. The van der Waals surface area contributed by atoms with Gasteiger partial charge >= 0.3 is 5.51 Å². The predicted octanol–water partition coefficient (Wildman–Crippen LogP) is 6.35. The average Bonchev–Trinajstić information content (AvgIpc) is 3.22. The molecule has 1 aliphatic heterocycles. The van der Waals surface area contributed by atoms with Crippen molar-refractivity contribution in [2.24, 2.45) is 0 Å². The van der Waals surface area contributed by atoms with Gasteiger partial charge in [-0.05, 0) is 55.1 Å². The van der Waals surface area contributed by atoms with Gasteiger partial charge in [-0.2, -0.15) is 21.6 Å². The van der Waals surface area contributed by atoms with Crippen molar-refractivity contribution in [1.29, 1.82) is 0 Å². The second kappa shape index (κ2) is 10.5. The van der Waals surface area contributed by atoms with Crippen LogP contribution in [-0.2, 0) is 24.1 Å². The van der Waals surface area contributed by atoms with Gasteiger partial charge in [0, 0.05) is 23.2 Å². The van der Waals surface area contributed by atoms with Crippen molar-refractivity contribution >= 4 is 42.0 Å². The van der Waals surface area contributed by atoms with Crippen molar-refractivity contribution < 1.29 is 34.2 Å². The molecule has 5 rings (SSSR count). The van der Waals surface area contributed by atoms with E-state index in [4.69, 9.17) is 4.18 Å². The lowest BCUT2D eigenvalue weighted by molar-refractivity contribution is -0.0436. The summed E-state index contributed by atoms with van der Waals surface area (Å²) in [6.45, 7) is 4.24. The van der Waals surface area contributed by atoms with Gasteiger partial charge in [0.1, 0.15) is 0 Å². The number of hydrogen-bond donors (Lipinski definition) is 0. The molecule has 214 valence electrons. The molecular weight excluding hydrogens is 577 g/mol. The van der Waals surface area contributed by atoms with Gasteiger partial charge in [-0.15, -0.1) is 0 Å². The van der Waals surface area contributed by atoms with E-state index in [1.807, 2.05) is 91.7 Å². The lowest BCUT2D eigenvalue weighted by Gasteiger charge is -2.36. The lowest BCUT2D eigenvalue weighted by Crippen LogP contribution is -2.44. The zero-order valence-electron chi connectivity index (χ0n) is 21.9. The molecule has 7 nitrogen and oxygen atoms in total. The van der Waals surface area contributed by atoms with Crippen LogP contribution in [0.5, 0.6) is 0 Å². The normalized spacial score (nSPS) is 16.6. The third-order valence-electron chi connectivity index (χ3n) is 6.85. The largest absolute Gasteiger partial charge is 0.501 e. The van der Waals surface area contributed by atoms with Crippen LogP contribution in [0.4, 0.5) is 18.9 Å². The van der Waals surface area contributed by atoms with Crippen LogP contribution in [0.3, 0.4) is 0 Å². The van der Waals surface area contributed by atoms with E-state index in [2.05, 4.69) is 0 Å². The summed E-state index contributed by atoms with van der Waals surface area (Å²) >= 11 is 0. The Labute approximate surface area is 236 Å². The summed E-state index contributed by atoms with van der Waals surface area (Å²) in [7, 11) is -10.3. The van der Waals surface area contributed by atoms with Crippen LogP contribution >= 0.6 is 0 Å². The highest BCUT2D eigenvalue weighted by molar-refractivity contribution is 7.92. The molecule has 0 fully saturated rings. The highest BCUT2D eigenvalue weighted by Crippen LogP contribution is 2.43. The maximum absolute atomic E-state index is 13.6. The summed E-state index contributed by atoms with van der Waals surface area (Å²) in [5.41, 5.74) is -2.79. The number of benzene rings is 4. The van der Waals surface area contributed by atoms with E-state index >= 15 is 0 Å². The average molecular weight is 603 g/mol. The first-order valence-corrected chi connectivity index (χ1v) is 15.4. The van der Waals surface area contributed by atoms with Gasteiger partial charge in [0.2, 0.25) is 0 Å². The molecule has 0 aliphatic carbocycles. The number of hydrogen-bond acceptors (Lipinski definition) is 7. The van der Waals surface area contributed by atoms with E-state index in [0.29, 0.717) is 29.9 Å². The van der Waals surface area contributed by atoms with Crippen LogP contribution in [0.15, 0.2) is 113 Å². The van der Waals surface area contributed by atoms with E-state index < -0.39 is 41.5 Å². The van der Waals surface area contributed by atoms with Crippen LogP contribution in [0.1, 0.15) is 19.4 Å². The minimum Gasteiger partial charge on any atom is -0.287 e. The Morgan fingerprint density at radius 1 is 0.780 bits per heavy atom. The summed E-state index contributed by atoms with van der Waals surface area (Å²) in [6, 6.07) is 25.2. The summed E-state index contributed by atoms with van der Waals surface area (Å²) in [5.74, 6) is 0. The SMILES string of the molecule is CCN1C(C)=C(c2ccccc2)C(OS(=O)(=O)c2ccc(S(=O)(=O)C(F)(F)F)cc2)N1c1cccc2ccccc12. The molecule has 12 heteroatoms. The van der Waals surface area contributed by atoms with Crippen molar-refractivity contribution in [3.05, 3.63) is 108 Å². The molecular formula is C29H25F3N2O5S2. The number of hydrazine groups is 1. The summed E-state index contributed by atoms with van der Waals surface area (Å²) in [5, 5.41) is 5.43. The van der Waals surface area contributed by atoms with E-state index in [9.17, 15) is 30.0 Å². The molecule has 0 saturated carbocycles. The minimum atomic E-state index is -5.65. The molecule has 0 spiro atoms. The maximum atomic E-state index is 13.6. The number of fused-ring (bicyclic) bond motifs is 1. The number of nitrogens with zero attached hydrogens (tertiary/aromatic N) is 2. The Bertz CT molecular complexity index is 1840. The molecule has 1 heterocycles. The Morgan fingerprint density at radius 3 is 2.00 bits per heavy atom. The van der Waals surface area contributed by atoms with Crippen molar-refractivity contribution in [2.45, 2.75) is 35.4 Å². The van der Waals surface area contributed by atoms with Gasteiger partial charge in [0.25, 0.3) is 20.0 Å². The number of allylic oxidation sites excluding steroid dienone is 1. The minimum absolute atomic E-state index is 0.468. The predicted molar refractivity (Wildman–Crippen MR) is 150 cm³/mol. The fourth-order valence-electron chi connectivity index (χ4n) is 4.93. The van der Waals surface area contributed by atoms with Gasteiger partial charge in [-0.25, -0.2) is 12.6 Å². The van der Waals surface area contributed by atoms with E-state index in [0.717, 1.165) is 34.2 Å². The highest BCUT2D eigenvalue weighted by atomic mass is 32.2. The lowest BCUT2D eigenvalue weighted by atomic mass is 10.0. The quantitative estimate of drug-likeness (QED) is 0.228. The summed E-state index contributed by atoms with van der Waals surface area (Å²) in [4.78, 5) is -1.56. The molecule has 0 radical (unpaired) electrons. The second-order valence-corrected chi connectivity index (χ2v) is 12.8. The maximum Gasteiger partial charge on any atom is 0.501 e. The summed E-state index contributed by atoms with van der Waals surface area (Å²) in [6.07, 6.45) is -1.19. The van der Waals surface area contributed by atoms with Crippen LogP contribution in [-0.4, -0.2) is 40.1 Å². The van der Waals surface area contributed by atoms with Crippen LogP contribution in [0, 0.1) is 0 Å². The molecule has 0 aromatic heterocycles. The molecule has 4 aromatic carbocycles. The smallest absolute Gasteiger partial charge is 0.287 e. The van der Waals surface area contributed by atoms with Gasteiger partial charge in [-0.3, -0.25) is 10.0 Å². The van der Waals surface area contributed by atoms with Crippen LogP contribution < -0.4 is 5.01 Å². The number of alkyl halides is 3. The van der Waals surface area contributed by atoms with E-state index in [1.54, 1.807) is 5.01 Å². The second-order valence-electron chi connectivity index (χ2n) is 9.25.